The van der Waals surface area contributed by atoms with Crippen molar-refractivity contribution in [2.45, 2.75) is 72.8 Å². The molecule has 1 heteroatoms. The van der Waals surface area contributed by atoms with Crippen LogP contribution in [0.1, 0.15) is 66.7 Å². The zero-order valence-electron chi connectivity index (χ0n) is 12.4. The molecule has 0 amide bonds. The smallest absolute Gasteiger partial charge is 0.0118 e. The molecule has 0 aliphatic carbocycles. The third-order valence-electron chi connectivity index (χ3n) is 4.12. The van der Waals surface area contributed by atoms with Crippen LogP contribution in [0.5, 0.6) is 0 Å². The van der Waals surface area contributed by atoms with E-state index in [1.807, 2.05) is 0 Å². The number of rotatable bonds is 9. The second-order valence-electron chi connectivity index (χ2n) is 5.50. The monoisotopic (exact) mass is 227 g/mol. The molecule has 16 heavy (non-hydrogen) atoms. The van der Waals surface area contributed by atoms with Gasteiger partial charge in [-0.3, -0.25) is 0 Å². The molecule has 0 bridgehead atoms. The van der Waals surface area contributed by atoms with Crippen LogP contribution in [-0.4, -0.2) is 24.5 Å². The fourth-order valence-corrected chi connectivity index (χ4v) is 2.41. The lowest BCUT2D eigenvalue weighted by Crippen LogP contribution is -2.36. The van der Waals surface area contributed by atoms with Crippen molar-refractivity contribution in [2.24, 2.45) is 11.8 Å². The average Bonchev–Trinajstić information content (AvgIpc) is 2.31. The largest absolute Gasteiger partial charge is 0.303 e. The second kappa shape index (κ2) is 9.04. The predicted molar refractivity (Wildman–Crippen MR) is 74.9 cm³/mol. The van der Waals surface area contributed by atoms with Gasteiger partial charge in [-0.05, 0) is 38.3 Å². The Morgan fingerprint density at radius 3 is 2.00 bits per heavy atom. The van der Waals surface area contributed by atoms with Crippen LogP contribution in [0.2, 0.25) is 0 Å². The van der Waals surface area contributed by atoms with Crippen LogP contribution in [0.4, 0.5) is 0 Å². The summed E-state index contributed by atoms with van der Waals surface area (Å²) < 4.78 is 0. The fraction of sp³-hybridized carbons (Fsp3) is 1.00. The summed E-state index contributed by atoms with van der Waals surface area (Å²) in [6.45, 7) is 12.9. The minimum atomic E-state index is 0.791. The second-order valence-corrected chi connectivity index (χ2v) is 5.50. The van der Waals surface area contributed by atoms with E-state index in [1.165, 1.54) is 38.6 Å². The van der Waals surface area contributed by atoms with Gasteiger partial charge in [-0.15, -0.1) is 0 Å². The van der Waals surface area contributed by atoms with Gasteiger partial charge in [-0.2, -0.15) is 0 Å². The van der Waals surface area contributed by atoms with Crippen LogP contribution >= 0.6 is 0 Å². The highest BCUT2D eigenvalue weighted by molar-refractivity contribution is 4.74. The summed E-state index contributed by atoms with van der Waals surface area (Å²) in [5.74, 6) is 1.75. The Morgan fingerprint density at radius 1 is 0.938 bits per heavy atom. The van der Waals surface area contributed by atoms with Crippen molar-refractivity contribution in [3.8, 4) is 0 Å². The number of nitrogens with zero attached hydrogens (tertiary/aromatic N) is 1. The predicted octanol–water partition coefficient (Wildman–Crippen LogP) is 4.57. The average molecular weight is 227 g/mol. The first kappa shape index (κ1) is 16.0. The lowest BCUT2D eigenvalue weighted by atomic mass is 9.88. The quantitative estimate of drug-likeness (QED) is 0.558. The topological polar surface area (TPSA) is 3.24 Å². The Balaban J connectivity index is 4.10. The zero-order chi connectivity index (χ0) is 12.6. The van der Waals surface area contributed by atoms with Crippen molar-refractivity contribution in [1.82, 2.24) is 4.90 Å². The van der Waals surface area contributed by atoms with Crippen molar-refractivity contribution in [2.75, 3.05) is 13.6 Å². The molecule has 3 atom stereocenters. The van der Waals surface area contributed by atoms with E-state index in [4.69, 9.17) is 0 Å². The lowest BCUT2D eigenvalue weighted by molar-refractivity contribution is 0.167. The van der Waals surface area contributed by atoms with Crippen LogP contribution in [0.15, 0.2) is 0 Å². The molecule has 0 saturated heterocycles. The highest BCUT2D eigenvalue weighted by atomic mass is 15.1. The fourth-order valence-electron chi connectivity index (χ4n) is 2.41. The van der Waals surface area contributed by atoms with E-state index >= 15 is 0 Å². The van der Waals surface area contributed by atoms with E-state index in [-0.39, 0.29) is 0 Å². The summed E-state index contributed by atoms with van der Waals surface area (Å²) in [6.07, 6.45) is 6.78. The Bertz CT molecular complexity index is 156. The molecule has 0 spiro atoms. The van der Waals surface area contributed by atoms with Crippen LogP contribution < -0.4 is 0 Å². The maximum atomic E-state index is 2.53. The Labute approximate surface area is 104 Å². The highest BCUT2D eigenvalue weighted by Crippen LogP contribution is 2.22. The van der Waals surface area contributed by atoms with Gasteiger partial charge >= 0.3 is 0 Å². The minimum Gasteiger partial charge on any atom is -0.303 e. The number of hydrogen-bond acceptors (Lipinski definition) is 1. The van der Waals surface area contributed by atoms with Crippen LogP contribution in [0.25, 0.3) is 0 Å². The maximum absolute atomic E-state index is 2.53. The van der Waals surface area contributed by atoms with Gasteiger partial charge in [-0.25, -0.2) is 0 Å². The Hall–Kier alpha value is -0.0400. The van der Waals surface area contributed by atoms with Gasteiger partial charge < -0.3 is 4.90 Å². The van der Waals surface area contributed by atoms with E-state index in [0.29, 0.717) is 0 Å². The molecule has 0 rings (SSSR count). The molecule has 1 nitrogen and oxygen atoms in total. The van der Waals surface area contributed by atoms with Crippen molar-refractivity contribution < 1.29 is 0 Å². The molecule has 0 fully saturated rings. The lowest BCUT2D eigenvalue weighted by Gasteiger charge is -2.32. The highest BCUT2D eigenvalue weighted by Gasteiger charge is 2.20. The molecule has 0 aliphatic heterocycles. The number of hydrogen-bond donors (Lipinski definition) is 0. The summed E-state index contributed by atoms with van der Waals surface area (Å²) in [5, 5.41) is 0. The molecule has 3 unspecified atom stereocenters. The van der Waals surface area contributed by atoms with Gasteiger partial charge in [0.1, 0.15) is 0 Å². The van der Waals surface area contributed by atoms with Crippen molar-refractivity contribution in [3.05, 3.63) is 0 Å². The van der Waals surface area contributed by atoms with Gasteiger partial charge in [-0.1, -0.05) is 53.9 Å². The Kier molecular flexibility index (Phi) is 9.02. The zero-order valence-corrected chi connectivity index (χ0v) is 12.4. The third kappa shape index (κ3) is 5.89. The van der Waals surface area contributed by atoms with Gasteiger partial charge in [0.2, 0.25) is 0 Å². The summed E-state index contributed by atoms with van der Waals surface area (Å²) in [4.78, 5) is 2.53. The molecular formula is C15H33N. The third-order valence-corrected chi connectivity index (χ3v) is 4.12. The molecule has 0 radical (unpaired) electrons. The molecule has 0 saturated carbocycles. The molecule has 0 N–H and O–H groups in total. The van der Waals surface area contributed by atoms with Gasteiger partial charge in [0.25, 0.3) is 0 Å². The molecule has 0 aliphatic rings. The first-order valence-corrected chi connectivity index (χ1v) is 7.26. The van der Waals surface area contributed by atoms with Crippen molar-refractivity contribution in [1.29, 1.82) is 0 Å². The van der Waals surface area contributed by atoms with Crippen molar-refractivity contribution >= 4 is 0 Å². The summed E-state index contributed by atoms with van der Waals surface area (Å²) >= 11 is 0. The molecule has 98 valence electrons. The molecule has 0 heterocycles. The van der Waals surface area contributed by atoms with E-state index in [2.05, 4.69) is 46.6 Å². The first-order chi connectivity index (χ1) is 7.56. The van der Waals surface area contributed by atoms with Gasteiger partial charge in [0, 0.05) is 6.04 Å². The summed E-state index contributed by atoms with van der Waals surface area (Å²) in [5.41, 5.74) is 0. The van der Waals surface area contributed by atoms with Crippen molar-refractivity contribution in [3.63, 3.8) is 0 Å². The minimum absolute atomic E-state index is 0.791. The maximum Gasteiger partial charge on any atom is 0.0118 e. The van der Waals surface area contributed by atoms with E-state index < -0.39 is 0 Å². The summed E-state index contributed by atoms with van der Waals surface area (Å²) in [7, 11) is 2.28. The van der Waals surface area contributed by atoms with Crippen LogP contribution in [-0.2, 0) is 0 Å². The van der Waals surface area contributed by atoms with E-state index in [9.17, 15) is 0 Å². The van der Waals surface area contributed by atoms with E-state index in [1.54, 1.807) is 0 Å². The van der Waals surface area contributed by atoms with Gasteiger partial charge in [0.05, 0.1) is 0 Å². The van der Waals surface area contributed by atoms with E-state index in [0.717, 1.165) is 17.9 Å². The normalized spacial score (nSPS) is 17.4. The van der Waals surface area contributed by atoms with Crippen LogP contribution in [0, 0.1) is 11.8 Å². The molecular weight excluding hydrogens is 194 g/mol. The summed E-state index contributed by atoms with van der Waals surface area (Å²) in [6, 6.07) is 0.791. The van der Waals surface area contributed by atoms with Crippen LogP contribution in [0.3, 0.4) is 0 Å². The molecule has 0 aromatic carbocycles. The van der Waals surface area contributed by atoms with Gasteiger partial charge in [0.15, 0.2) is 0 Å². The Morgan fingerprint density at radius 2 is 1.56 bits per heavy atom. The first-order valence-electron chi connectivity index (χ1n) is 7.26. The molecule has 0 aromatic rings. The SMILES string of the molecule is CCCC(C(C)CCC(C)CC)N(C)CC. The standard InChI is InChI=1S/C15H33N/c1-7-10-15(16(6)9-3)14(5)12-11-13(4)8-2/h13-15H,7-12H2,1-6H3. The molecule has 0 aromatic heterocycles.